The molecular formula is C12H15N3O4. The van der Waals surface area contributed by atoms with Gasteiger partial charge in [-0.3, -0.25) is 0 Å². The van der Waals surface area contributed by atoms with E-state index in [1.165, 1.54) is 18.2 Å². The lowest BCUT2D eigenvalue weighted by Gasteiger charge is -2.27. The van der Waals surface area contributed by atoms with Gasteiger partial charge in [-0.2, -0.15) is 0 Å². The van der Waals surface area contributed by atoms with Crippen LogP contribution in [0.15, 0.2) is 18.2 Å². The molecular weight excluding hydrogens is 250 g/mol. The van der Waals surface area contributed by atoms with Crippen molar-refractivity contribution in [3.05, 3.63) is 23.8 Å². The molecule has 1 aliphatic heterocycles. The Bertz CT molecular complexity index is 498. The number of hydrogen-bond donors (Lipinski definition) is 4. The Kier molecular flexibility index (Phi) is 3.86. The first kappa shape index (κ1) is 13.2. The number of piperazine rings is 1. The predicted octanol–water partition coefficient (Wildman–Crippen LogP) is 0.527. The number of benzene rings is 1. The van der Waals surface area contributed by atoms with E-state index in [9.17, 15) is 14.7 Å². The van der Waals surface area contributed by atoms with Crippen LogP contribution in [-0.2, 0) is 0 Å². The number of phenols is 1. The molecule has 1 aromatic carbocycles. The minimum Gasteiger partial charge on any atom is -0.507 e. The molecule has 1 fully saturated rings. The number of nitrogens with one attached hydrogen (secondary N) is 2. The van der Waals surface area contributed by atoms with Gasteiger partial charge in [-0.25, -0.2) is 9.59 Å². The average molecular weight is 265 g/mol. The van der Waals surface area contributed by atoms with Crippen LogP contribution in [0.2, 0.25) is 0 Å². The van der Waals surface area contributed by atoms with E-state index in [-0.39, 0.29) is 17.3 Å². The monoisotopic (exact) mass is 265 g/mol. The van der Waals surface area contributed by atoms with Crippen LogP contribution < -0.4 is 10.6 Å². The van der Waals surface area contributed by atoms with Gasteiger partial charge >= 0.3 is 12.0 Å². The molecule has 0 aromatic heterocycles. The van der Waals surface area contributed by atoms with E-state index >= 15 is 0 Å². The fourth-order valence-electron chi connectivity index (χ4n) is 1.86. The van der Waals surface area contributed by atoms with Gasteiger partial charge in [-0.05, 0) is 12.1 Å². The smallest absolute Gasteiger partial charge is 0.339 e. The lowest BCUT2D eigenvalue weighted by atomic mass is 10.2. The Balaban J connectivity index is 2.04. The van der Waals surface area contributed by atoms with Crippen LogP contribution in [0.1, 0.15) is 10.4 Å². The van der Waals surface area contributed by atoms with Crippen molar-refractivity contribution in [1.82, 2.24) is 10.2 Å². The Morgan fingerprint density at radius 3 is 2.53 bits per heavy atom. The molecule has 0 saturated carbocycles. The molecule has 1 heterocycles. The molecule has 0 aliphatic carbocycles. The topological polar surface area (TPSA) is 102 Å². The van der Waals surface area contributed by atoms with E-state index in [0.717, 1.165) is 13.1 Å². The van der Waals surface area contributed by atoms with Crippen molar-refractivity contribution < 1.29 is 19.8 Å². The summed E-state index contributed by atoms with van der Waals surface area (Å²) in [5.74, 6) is -1.58. The van der Waals surface area contributed by atoms with Gasteiger partial charge in [0, 0.05) is 37.9 Å². The third-order valence-corrected chi connectivity index (χ3v) is 2.88. The van der Waals surface area contributed by atoms with Crippen molar-refractivity contribution in [2.24, 2.45) is 0 Å². The quantitative estimate of drug-likeness (QED) is 0.624. The van der Waals surface area contributed by atoms with Crippen molar-refractivity contribution in [3.63, 3.8) is 0 Å². The molecule has 1 aromatic rings. The molecule has 7 heteroatoms. The first-order valence-electron chi connectivity index (χ1n) is 5.91. The highest BCUT2D eigenvalue weighted by atomic mass is 16.4. The summed E-state index contributed by atoms with van der Waals surface area (Å²) in [6.45, 7) is 2.73. The van der Waals surface area contributed by atoms with Crippen LogP contribution in [0.3, 0.4) is 0 Å². The maximum Gasteiger partial charge on any atom is 0.339 e. The number of carbonyl (C=O) groups excluding carboxylic acids is 1. The summed E-state index contributed by atoms with van der Waals surface area (Å²) >= 11 is 0. The number of nitrogens with zero attached hydrogens (tertiary/aromatic N) is 1. The number of carboxylic acid groups (broad SMARTS) is 1. The number of aromatic hydroxyl groups is 1. The zero-order valence-corrected chi connectivity index (χ0v) is 10.2. The number of amides is 2. The second-order valence-corrected chi connectivity index (χ2v) is 4.20. The zero-order valence-electron chi connectivity index (χ0n) is 10.2. The van der Waals surface area contributed by atoms with Gasteiger partial charge in [0.2, 0.25) is 0 Å². The summed E-state index contributed by atoms with van der Waals surface area (Å²) in [6, 6.07) is 3.67. The highest BCUT2D eigenvalue weighted by Crippen LogP contribution is 2.22. The lowest BCUT2D eigenvalue weighted by molar-refractivity contribution is 0.0694. The Hall–Kier alpha value is -2.28. The summed E-state index contributed by atoms with van der Waals surface area (Å²) in [7, 11) is 0. The van der Waals surface area contributed by atoms with Gasteiger partial charge in [-0.1, -0.05) is 0 Å². The maximum atomic E-state index is 11.9. The summed E-state index contributed by atoms with van der Waals surface area (Å²) in [5, 5.41) is 24.1. The number of hydrogen-bond acceptors (Lipinski definition) is 4. The van der Waals surface area contributed by atoms with Gasteiger partial charge in [-0.15, -0.1) is 0 Å². The molecule has 2 amide bonds. The first-order valence-corrected chi connectivity index (χ1v) is 5.91. The lowest BCUT2D eigenvalue weighted by Crippen LogP contribution is -2.48. The van der Waals surface area contributed by atoms with Gasteiger partial charge in [0.15, 0.2) is 0 Å². The number of urea groups is 1. The van der Waals surface area contributed by atoms with Crippen LogP contribution in [0.5, 0.6) is 5.75 Å². The number of anilines is 1. The normalized spacial score (nSPS) is 15.1. The van der Waals surface area contributed by atoms with Crippen LogP contribution >= 0.6 is 0 Å². The van der Waals surface area contributed by atoms with Gasteiger partial charge in [0.05, 0.1) is 0 Å². The van der Waals surface area contributed by atoms with Gasteiger partial charge < -0.3 is 25.7 Å². The predicted molar refractivity (Wildman–Crippen MR) is 68.5 cm³/mol. The van der Waals surface area contributed by atoms with E-state index in [0.29, 0.717) is 18.8 Å². The summed E-state index contributed by atoms with van der Waals surface area (Å²) in [6.07, 6.45) is 0. The van der Waals surface area contributed by atoms with E-state index in [2.05, 4.69) is 10.6 Å². The molecule has 0 unspecified atom stereocenters. The van der Waals surface area contributed by atoms with Crippen LogP contribution in [-0.4, -0.2) is 53.3 Å². The SMILES string of the molecule is O=C(O)c1ccc(NC(=O)N2CCNCC2)cc1O. The standard InChI is InChI=1S/C12H15N3O4/c16-10-7-8(1-2-9(10)11(17)18)14-12(19)15-5-3-13-4-6-15/h1-2,7,13,16H,3-6H2,(H,14,19)(H,17,18). The molecule has 102 valence electrons. The summed E-state index contributed by atoms with van der Waals surface area (Å²) in [5.41, 5.74) is 0.172. The van der Waals surface area contributed by atoms with Crippen LogP contribution in [0.25, 0.3) is 0 Å². The van der Waals surface area contributed by atoms with Crippen LogP contribution in [0, 0.1) is 0 Å². The van der Waals surface area contributed by atoms with Crippen LogP contribution in [0.4, 0.5) is 10.5 Å². The van der Waals surface area contributed by atoms with E-state index < -0.39 is 5.97 Å². The minimum absolute atomic E-state index is 0.194. The maximum absolute atomic E-state index is 11.9. The second-order valence-electron chi connectivity index (χ2n) is 4.20. The van der Waals surface area contributed by atoms with Crippen molar-refractivity contribution in [2.75, 3.05) is 31.5 Å². The van der Waals surface area contributed by atoms with Gasteiger partial charge in [0.1, 0.15) is 11.3 Å². The zero-order chi connectivity index (χ0) is 13.8. The fraction of sp³-hybridized carbons (Fsp3) is 0.333. The van der Waals surface area contributed by atoms with E-state index in [4.69, 9.17) is 5.11 Å². The fourth-order valence-corrected chi connectivity index (χ4v) is 1.86. The van der Waals surface area contributed by atoms with E-state index in [1.54, 1.807) is 4.90 Å². The number of carboxylic acids is 1. The molecule has 2 rings (SSSR count). The third-order valence-electron chi connectivity index (χ3n) is 2.88. The molecule has 0 spiro atoms. The second kappa shape index (κ2) is 5.57. The Labute approximate surface area is 109 Å². The average Bonchev–Trinajstić information content (AvgIpc) is 2.39. The molecule has 1 aliphatic rings. The third kappa shape index (κ3) is 3.14. The van der Waals surface area contributed by atoms with Crippen molar-refractivity contribution >= 4 is 17.7 Å². The highest BCUT2D eigenvalue weighted by molar-refractivity contribution is 5.94. The highest BCUT2D eigenvalue weighted by Gasteiger charge is 2.17. The van der Waals surface area contributed by atoms with Crippen molar-refractivity contribution in [1.29, 1.82) is 0 Å². The molecule has 7 nitrogen and oxygen atoms in total. The van der Waals surface area contributed by atoms with Crippen molar-refractivity contribution in [2.45, 2.75) is 0 Å². The number of aromatic carboxylic acids is 1. The Morgan fingerprint density at radius 1 is 1.26 bits per heavy atom. The number of carbonyl (C=O) groups is 2. The molecule has 0 atom stereocenters. The van der Waals surface area contributed by atoms with Crippen molar-refractivity contribution in [3.8, 4) is 5.75 Å². The summed E-state index contributed by atoms with van der Waals surface area (Å²) < 4.78 is 0. The number of rotatable bonds is 2. The molecule has 4 N–H and O–H groups in total. The first-order chi connectivity index (χ1) is 9.08. The van der Waals surface area contributed by atoms with Gasteiger partial charge in [0.25, 0.3) is 0 Å². The molecule has 1 saturated heterocycles. The van der Waals surface area contributed by atoms with E-state index in [1.807, 2.05) is 0 Å². The molecule has 0 radical (unpaired) electrons. The molecule has 19 heavy (non-hydrogen) atoms. The minimum atomic E-state index is -1.21. The largest absolute Gasteiger partial charge is 0.507 e. The molecule has 0 bridgehead atoms. The summed E-state index contributed by atoms with van der Waals surface area (Å²) in [4.78, 5) is 24.3. The Morgan fingerprint density at radius 2 is 1.95 bits per heavy atom.